The Morgan fingerprint density at radius 3 is 2.65 bits per heavy atom. The Bertz CT molecular complexity index is 524. The second-order valence-electron chi connectivity index (χ2n) is 3.84. The highest BCUT2D eigenvalue weighted by molar-refractivity contribution is 7.12. The van der Waals surface area contributed by atoms with Crippen LogP contribution in [0.25, 0.3) is 0 Å². The van der Waals surface area contributed by atoms with Crippen molar-refractivity contribution in [1.82, 2.24) is 5.32 Å². The molecule has 1 aromatic carbocycles. The van der Waals surface area contributed by atoms with Gasteiger partial charge in [0.2, 0.25) is 0 Å². The van der Waals surface area contributed by atoms with E-state index in [1.165, 1.54) is 10.9 Å². The van der Waals surface area contributed by atoms with Gasteiger partial charge in [-0.05, 0) is 44.3 Å². The summed E-state index contributed by atoms with van der Waals surface area (Å²) in [6.07, 6.45) is 0. The summed E-state index contributed by atoms with van der Waals surface area (Å²) in [5.74, 6) is -0.236. The molecule has 0 aliphatic heterocycles. The average Bonchev–Trinajstić information content (AvgIpc) is 2.71. The quantitative estimate of drug-likeness (QED) is 0.882. The summed E-state index contributed by atoms with van der Waals surface area (Å²) in [5, 5.41) is 3.68. The Labute approximate surface area is 109 Å². The highest BCUT2D eigenvalue weighted by Crippen LogP contribution is 2.30. The van der Waals surface area contributed by atoms with Crippen molar-refractivity contribution in [2.45, 2.75) is 13.0 Å². The number of rotatable bonds is 3. The van der Waals surface area contributed by atoms with Crippen LogP contribution >= 0.6 is 22.9 Å². The van der Waals surface area contributed by atoms with Gasteiger partial charge >= 0.3 is 0 Å². The molecule has 0 saturated heterocycles. The summed E-state index contributed by atoms with van der Waals surface area (Å²) in [6, 6.07) is 8.55. The molecule has 0 saturated carbocycles. The molecule has 0 radical (unpaired) electrons. The van der Waals surface area contributed by atoms with Gasteiger partial charge in [-0.2, -0.15) is 0 Å². The standard InChI is InChI=1S/C13H13ClFNS/c1-8-3-6-12(17-8)13(16-2)10-7-9(14)4-5-11(10)15/h3-7,13,16H,1-2H3. The van der Waals surface area contributed by atoms with Crippen LogP contribution in [0.3, 0.4) is 0 Å². The Hall–Kier alpha value is -0.900. The highest BCUT2D eigenvalue weighted by Gasteiger charge is 2.17. The van der Waals surface area contributed by atoms with Gasteiger partial charge in [0.25, 0.3) is 0 Å². The Kier molecular flexibility index (Phi) is 3.82. The maximum absolute atomic E-state index is 13.8. The average molecular weight is 270 g/mol. The van der Waals surface area contributed by atoms with Crippen LogP contribution in [0.2, 0.25) is 5.02 Å². The number of hydrogen-bond donors (Lipinski definition) is 1. The third-order valence-corrected chi connectivity index (χ3v) is 3.90. The first kappa shape index (κ1) is 12.6. The molecule has 4 heteroatoms. The van der Waals surface area contributed by atoms with E-state index in [4.69, 9.17) is 11.6 Å². The molecular weight excluding hydrogens is 257 g/mol. The zero-order chi connectivity index (χ0) is 12.4. The predicted molar refractivity (Wildman–Crippen MR) is 71.4 cm³/mol. The molecule has 90 valence electrons. The third-order valence-electron chi connectivity index (χ3n) is 2.60. The van der Waals surface area contributed by atoms with Gasteiger partial charge in [0, 0.05) is 20.3 Å². The van der Waals surface area contributed by atoms with Gasteiger partial charge in [-0.1, -0.05) is 11.6 Å². The topological polar surface area (TPSA) is 12.0 Å². The van der Waals surface area contributed by atoms with Crippen LogP contribution in [-0.4, -0.2) is 7.05 Å². The summed E-state index contributed by atoms with van der Waals surface area (Å²) in [7, 11) is 1.82. The van der Waals surface area contributed by atoms with Gasteiger partial charge in [0.05, 0.1) is 6.04 Å². The van der Waals surface area contributed by atoms with Gasteiger partial charge < -0.3 is 5.32 Å². The van der Waals surface area contributed by atoms with Crippen molar-refractivity contribution in [3.63, 3.8) is 0 Å². The van der Waals surface area contributed by atoms with E-state index in [1.54, 1.807) is 23.5 Å². The van der Waals surface area contributed by atoms with Gasteiger partial charge in [0.15, 0.2) is 0 Å². The van der Waals surface area contributed by atoms with E-state index in [1.807, 2.05) is 26.1 Å². The molecule has 1 aromatic heterocycles. The molecule has 1 N–H and O–H groups in total. The van der Waals surface area contributed by atoms with Crippen molar-refractivity contribution in [2.75, 3.05) is 7.05 Å². The van der Waals surface area contributed by atoms with Crippen molar-refractivity contribution in [1.29, 1.82) is 0 Å². The molecule has 1 unspecified atom stereocenters. The Balaban J connectivity index is 2.45. The fraction of sp³-hybridized carbons (Fsp3) is 0.231. The van der Waals surface area contributed by atoms with Gasteiger partial charge in [0.1, 0.15) is 5.82 Å². The van der Waals surface area contributed by atoms with Gasteiger partial charge in [-0.25, -0.2) is 4.39 Å². The molecule has 0 aliphatic carbocycles. The molecule has 0 bridgehead atoms. The van der Waals surface area contributed by atoms with Crippen molar-refractivity contribution in [3.8, 4) is 0 Å². The van der Waals surface area contributed by atoms with Crippen LogP contribution in [0.5, 0.6) is 0 Å². The number of hydrogen-bond acceptors (Lipinski definition) is 2. The zero-order valence-corrected chi connectivity index (χ0v) is 11.2. The summed E-state index contributed by atoms with van der Waals surface area (Å²) in [6.45, 7) is 2.04. The lowest BCUT2D eigenvalue weighted by atomic mass is 10.1. The van der Waals surface area contributed by atoms with Crippen molar-refractivity contribution in [2.24, 2.45) is 0 Å². The van der Waals surface area contributed by atoms with E-state index < -0.39 is 0 Å². The van der Waals surface area contributed by atoms with E-state index in [9.17, 15) is 4.39 Å². The van der Waals surface area contributed by atoms with E-state index in [0.717, 1.165) is 4.88 Å². The molecule has 0 spiro atoms. The first-order chi connectivity index (χ1) is 8.11. The van der Waals surface area contributed by atoms with E-state index in [2.05, 4.69) is 5.32 Å². The van der Waals surface area contributed by atoms with E-state index in [-0.39, 0.29) is 11.9 Å². The number of aryl methyl sites for hydroxylation is 1. The van der Waals surface area contributed by atoms with Crippen LogP contribution in [0.15, 0.2) is 30.3 Å². The number of benzene rings is 1. The van der Waals surface area contributed by atoms with E-state index >= 15 is 0 Å². The van der Waals surface area contributed by atoms with Crippen LogP contribution in [-0.2, 0) is 0 Å². The fourth-order valence-corrected chi connectivity index (χ4v) is 2.98. The first-order valence-corrected chi connectivity index (χ1v) is 6.50. The molecule has 1 heterocycles. The number of thiophene rings is 1. The lowest BCUT2D eigenvalue weighted by Crippen LogP contribution is -2.17. The minimum Gasteiger partial charge on any atom is -0.309 e. The third kappa shape index (κ3) is 2.68. The highest BCUT2D eigenvalue weighted by atomic mass is 35.5. The summed E-state index contributed by atoms with van der Waals surface area (Å²) in [4.78, 5) is 2.30. The maximum Gasteiger partial charge on any atom is 0.128 e. The second kappa shape index (κ2) is 5.17. The molecule has 17 heavy (non-hydrogen) atoms. The SMILES string of the molecule is CNC(c1ccc(C)s1)c1cc(Cl)ccc1F. The van der Waals surface area contributed by atoms with E-state index in [0.29, 0.717) is 10.6 Å². The van der Waals surface area contributed by atoms with Crippen LogP contribution in [0, 0.1) is 12.7 Å². The minimum absolute atomic E-state index is 0.146. The molecule has 1 atom stereocenters. The molecule has 2 aromatic rings. The lowest BCUT2D eigenvalue weighted by molar-refractivity contribution is 0.579. The van der Waals surface area contributed by atoms with Crippen LogP contribution in [0.1, 0.15) is 21.4 Å². The van der Waals surface area contributed by atoms with Crippen molar-refractivity contribution >= 4 is 22.9 Å². The fourth-order valence-electron chi connectivity index (χ4n) is 1.80. The number of halogens is 2. The molecule has 0 fully saturated rings. The Morgan fingerprint density at radius 2 is 2.06 bits per heavy atom. The molecule has 0 aliphatic rings. The molecule has 0 amide bonds. The molecular formula is C13H13ClFNS. The summed E-state index contributed by atoms with van der Waals surface area (Å²) < 4.78 is 13.8. The Morgan fingerprint density at radius 1 is 1.29 bits per heavy atom. The van der Waals surface area contributed by atoms with Gasteiger partial charge in [-0.3, -0.25) is 0 Å². The second-order valence-corrected chi connectivity index (χ2v) is 5.59. The van der Waals surface area contributed by atoms with Crippen LogP contribution < -0.4 is 5.32 Å². The first-order valence-electron chi connectivity index (χ1n) is 5.30. The number of nitrogens with one attached hydrogen (secondary N) is 1. The normalized spacial score (nSPS) is 12.7. The maximum atomic E-state index is 13.8. The zero-order valence-electron chi connectivity index (χ0n) is 9.63. The summed E-state index contributed by atoms with van der Waals surface area (Å²) >= 11 is 7.58. The van der Waals surface area contributed by atoms with Crippen molar-refractivity contribution in [3.05, 3.63) is 56.5 Å². The monoisotopic (exact) mass is 269 g/mol. The molecule has 2 rings (SSSR count). The molecule has 1 nitrogen and oxygen atoms in total. The smallest absolute Gasteiger partial charge is 0.128 e. The lowest BCUT2D eigenvalue weighted by Gasteiger charge is -2.16. The minimum atomic E-state index is -0.236. The van der Waals surface area contributed by atoms with Crippen LogP contribution in [0.4, 0.5) is 4.39 Å². The largest absolute Gasteiger partial charge is 0.309 e. The van der Waals surface area contributed by atoms with Gasteiger partial charge in [-0.15, -0.1) is 11.3 Å². The van der Waals surface area contributed by atoms with Crippen molar-refractivity contribution < 1.29 is 4.39 Å². The predicted octanol–water partition coefficient (Wildman–Crippen LogP) is 4.16. The summed E-state index contributed by atoms with van der Waals surface area (Å²) in [5.41, 5.74) is 0.585.